The summed E-state index contributed by atoms with van der Waals surface area (Å²) >= 11 is 11.9. The van der Waals surface area contributed by atoms with Crippen LogP contribution in [0.25, 0.3) is 0 Å². The van der Waals surface area contributed by atoms with Crippen molar-refractivity contribution < 1.29 is 42.0 Å². The predicted molar refractivity (Wildman–Crippen MR) is 115 cm³/mol. The maximum absolute atomic E-state index is 14.2. The van der Waals surface area contributed by atoms with Crippen molar-refractivity contribution in [2.45, 2.75) is 49.8 Å². The van der Waals surface area contributed by atoms with Gasteiger partial charge in [0.2, 0.25) is 0 Å². The van der Waals surface area contributed by atoms with E-state index in [0.29, 0.717) is 31.4 Å². The van der Waals surface area contributed by atoms with Crippen molar-refractivity contribution in [2.24, 2.45) is 11.8 Å². The zero-order valence-corrected chi connectivity index (χ0v) is 19.2. The monoisotopic (exact) mass is 516 g/mol. The fourth-order valence-corrected chi connectivity index (χ4v) is 4.36. The zero-order chi connectivity index (χ0) is 24.6. The lowest BCUT2D eigenvalue weighted by Crippen LogP contribution is -2.27. The van der Waals surface area contributed by atoms with Gasteiger partial charge in [0.25, 0.3) is 0 Å². The van der Waals surface area contributed by atoms with Crippen LogP contribution in [0.15, 0.2) is 24.3 Å². The van der Waals surface area contributed by atoms with E-state index in [9.17, 15) is 27.5 Å². The van der Waals surface area contributed by atoms with Gasteiger partial charge in [0.15, 0.2) is 11.6 Å². The molecular formula is C22H26Cl2F4O5. The topological polar surface area (TPSA) is 76.0 Å². The third-order valence-corrected chi connectivity index (χ3v) is 6.19. The summed E-state index contributed by atoms with van der Waals surface area (Å²) in [6.45, 7) is -0.485. The van der Waals surface area contributed by atoms with Crippen LogP contribution < -0.4 is 4.74 Å². The number of benzene rings is 1. The Morgan fingerprint density at radius 2 is 1.97 bits per heavy atom. The van der Waals surface area contributed by atoms with Crippen LogP contribution in [0.5, 0.6) is 5.75 Å². The number of hydrogen-bond donors (Lipinski definition) is 2. The number of alkyl halides is 4. The second kappa shape index (κ2) is 12.8. The van der Waals surface area contributed by atoms with Crippen molar-refractivity contribution in [3.05, 3.63) is 40.7 Å². The highest BCUT2D eigenvalue weighted by atomic mass is 35.5. The molecule has 4 atom stereocenters. The van der Waals surface area contributed by atoms with Crippen LogP contribution in [-0.2, 0) is 15.7 Å². The SMILES string of the molecule is O=C(CCC/C=C\C[C@@H]1[C@@H](COc2cc(C(F)(F)F)cc(Cl)c2F)[C@H](O)C[C@H]1Cl)OCCO. The fourth-order valence-electron chi connectivity index (χ4n) is 3.68. The Bertz CT molecular complexity index is 819. The third kappa shape index (κ3) is 8.31. The van der Waals surface area contributed by atoms with Crippen LogP contribution in [0.4, 0.5) is 17.6 Å². The van der Waals surface area contributed by atoms with Gasteiger partial charge in [0.05, 0.1) is 29.9 Å². The standard InChI is InChI=1S/C22H26Cl2F4O5/c23-16-11-18(30)15(14(16)5-3-1-2-4-6-20(31)32-8-7-29)12-33-19-10-13(22(26,27)28)9-17(24)21(19)25/h1,3,9-10,14-16,18,29-30H,2,4-8,11-12H2/b3-1-/t14-,15-,16-,18-/m1/s1. The van der Waals surface area contributed by atoms with E-state index in [2.05, 4.69) is 0 Å². The maximum atomic E-state index is 14.2. The van der Waals surface area contributed by atoms with Gasteiger partial charge in [-0.25, -0.2) is 4.39 Å². The van der Waals surface area contributed by atoms with Crippen LogP contribution in [0.3, 0.4) is 0 Å². The number of hydrogen-bond acceptors (Lipinski definition) is 5. The summed E-state index contributed by atoms with van der Waals surface area (Å²) in [6, 6.07) is 1.03. The molecule has 5 nitrogen and oxygen atoms in total. The molecule has 0 amide bonds. The van der Waals surface area contributed by atoms with Gasteiger partial charge in [-0.1, -0.05) is 23.8 Å². The van der Waals surface area contributed by atoms with Crippen molar-refractivity contribution in [3.63, 3.8) is 0 Å². The zero-order valence-electron chi connectivity index (χ0n) is 17.7. The number of ether oxygens (including phenoxy) is 2. The Labute approximate surface area is 199 Å². The predicted octanol–water partition coefficient (Wildman–Crippen LogP) is 5.13. The molecule has 1 aromatic carbocycles. The average molecular weight is 517 g/mol. The molecule has 0 bridgehead atoms. The highest BCUT2D eigenvalue weighted by molar-refractivity contribution is 6.31. The first-order valence-corrected chi connectivity index (χ1v) is 11.3. The lowest BCUT2D eigenvalue weighted by molar-refractivity contribution is -0.144. The van der Waals surface area contributed by atoms with Crippen molar-refractivity contribution >= 4 is 29.2 Å². The molecule has 186 valence electrons. The van der Waals surface area contributed by atoms with Gasteiger partial charge in [-0.2, -0.15) is 13.2 Å². The number of halogens is 6. The Kier molecular flexibility index (Phi) is 10.7. The second-order valence-corrected chi connectivity index (χ2v) is 8.74. The van der Waals surface area contributed by atoms with Gasteiger partial charge in [-0.05, 0) is 43.7 Å². The van der Waals surface area contributed by atoms with Crippen LogP contribution in [0.1, 0.15) is 37.7 Å². The van der Waals surface area contributed by atoms with E-state index in [1.807, 2.05) is 12.2 Å². The molecule has 0 saturated heterocycles. The Morgan fingerprint density at radius 3 is 2.64 bits per heavy atom. The van der Waals surface area contributed by atoms with E-state index >= 15 is 0 Å². The summed E-state index contributed by atoms with van der Waals surface area (Å²) in [5.41, 5.74) is -1.13. The Morgan fingerprint density at radius 1 is 1.24 bits per heavy atom. The van der Waals surface area contributed by atoms with Crippen molar-refractivity contribution in [1.82, 2.24) is 0 Å². The lowest BCUT2D eigenvalue weighted by atomic mass is 9.92. The van der Waals surface area contributed by atoms with E-state index in [-0.39, 0.29) is 44.0 Å². The number of carbonyl (C=O) groups is 1. The third-order valence-electron chi connectivity index (χ3n) is 5.41. The lowest BCUT2D eigenvalue weighted by Gasteiger charge is -2.23. The highest BCUT2D eigenvalue weighted by Gasteiger charge is 2.41. The van der Waals surface area contributed by atoms with Crippen molar-refractivity contribution in [2.75, 3.05) is 19.8 Å². The summed E-state index contributed by atoms with van der Waals surface area (Å²) in [5.74, 6) is -2.89. The number of allylic oxidation sites excluding steroid dienone is 2. The van der Waals surface area contributed by atoms with E-state index in [1.54, 1.807) is 0 Å². The van der Waals surface area contributed by atoms with E-state index < -0.39 is 46.3 Å². The molecule has 0 aromatic heterocycles. The first-order chi connectivity index (χ1) is 15.5. The van der Waals surface area contributed by atoms with Gasteiger partial charge in [0, 0.05) is 17.7 Å². The number of unbranched alkanes of at least 4 members (excludes halogenated alkanes) is 1. The summed E-state index contributed by atoms with van der Waals surface area (Å²) in [5, 5.41) is 17.8. The minimum absolute atomic E-state index is 0.0319. The molecule has 1 aromatic rings. The maximum Gasteiger partial charge on any atom is 0.416 e. The van der Waals surface area contributed by atoms with Crippen LogP contribution in [-0.4, -0.2) is 47.5 Å². The molecule has 0 aliphatic heterocycles. The molecule has 1 aliphatic carbocycles. The minimum Gasteiger partial charge on any atom is -0.490 e. The van der Waals surface area contributed by atoms with Crippen molar-refractivity contribution in [1.29, 1.82) is 0 Å². The van der Waals surface area contributed by atoms with Gasteiger partial charge in [-0.3, -0.25) is 4.79 Å². The van der Waals surface area contributed by atoms with Crippen molar-refractivity contribution in [3.8, 4) is 5.75 Å². The van der Waals surface area contributed by atoms with E-state index in [4.69, 9.17) is 37.8 Å². The number of carbonyl (C=O) groups excluding carboxylic acids is 1. The molecule has 11 heteroatoms. The number of esters is 1. The molecule has 2 N–H and O–H groups in total. The van der Waals surface area contributed by atoms with Gasteiger partial charge in [0.1, 0.15) is 6.61 Å². The summed E-state index contributed by atoms with van der Waals surface area (Å²) in [7, 11) is 0. The fraction of sp³-hybridized carbons (Fsp3) is 0.591. The average Bonchev–Trinajstić information content (AvgIpc) is 3.01. The molecule has 1 saturated carbocycles. The van der Waals surface area contributed by atoms with Gasteiger partial charge in [-0.15, -0.1) is 11.6 Å². The van der Waals surface area contributed by atoms with Crippen LogP contribution in [0, 0.1) is 17.7 Å². The highest BCUT2D eigenvalue weighted by Crippen LogP contribution is 2.40. The first kappa shape index (κ1) is 27.7. The summed E-state index contributed by atoms with van der Waals surface area (Å²) in [4.78, 5) is 11.4. The molecule has 1 aliphatic rings. The van der Waals surface area contributed by atoms with Crippen LogP contribution >= 0.6 is 23.2 Å². The molecule has 0 unspecified atom stereocenters. The largest absolute Gasteiger partial charge is 0.490 e. The summed E-state index contributed by atoms with van der Waals surface area (Å²) < 4.78 is 63.2. The molecule has 0 heterocycles. The number of rotatable bonds is 11. The smallest absolute Gasteiger partial charge is 0.416 e. The Hall–Kier alpha value is -1.55. The molecule has 0 spiro atoms. The normalized spacial score (nSPS) is 23.3. The molecule has 0 radical (unpaired) electrons. The number of aliphatic hydroxyl groups excluding tert-OH is 2. The van der Waals surface area contributed by atoms with E-state index in [0.717, 1.165) is 0 Å². The molecule has 1 fully saturated rings. The molecule has 33 heavy (non-hydrogen) atoms. The minimum atomic E-state index is -4.72. The number of aliphatic hydroxyl groups is 2. The van der Waals surface area contributed by atoms with E-state index in [1.165, 1.54) is 0 Å². The van der Waals surface area contributed by atoms with Gasteiger partial charge >= 0.3 is 12.1 Å². The van der Waals surface area contributed by atoms with Crippen LogP contribution in [0.2, 0.25) is 5.02 Å². The second-order valence-electron chi connectivity index (χ2n) is 7.77. The quantitative estimate of drug-likeness (QED) is 0.140. The first-order valence-electron chi connectivity index (χ1n) is 10.5. The molecule has 2 rings (SSSR count). The van der Waals surface area contributed by atoms with Gasteiger partial charge < -0.3 is 19.7 Å². The Balaban J connectivity index is 1.93. The summed E-state index contributed by atoms with van der Waals surface area (Å²) in [6.07, 6.45) is 0.266. The molecular weight excluding hydrogens is 491 g/mol.